The SMILES string of the molecule is NC(=O)C1CCC(NC(=O)CC2CCNCC2)CC1. The van der Waals surface area contributed by atoms with Crippen LogP contribution in [0.15, 0.2) is 0 Å². The van der Waals surface area contributed by atoms with Gasteiger partial charge in [0, 0.05) is 18.4 Å². The van der Waals surface area contributed by atoms with Gasteiger partial charge in [0.15, 0.2) is 0 Å². The van der Waals surface area contributed by atoms with Crippen molar-refractivity contribution in [3.63, 3.8) is 0 Å². The van der Waals surface area contributed by atoms with Crippen molar-refractivity contribution >= 4 is 11.8 Å². The molecule has 2 fully saturated rings. The summed E-state index contributed by atoms with van der Waals surface area (Å²) in [6.07, 6.45) is 6.24. The molecule has 0 unspecified atom stereocenters. The predicted octanol–water partition coefficient (Wildman–Crippen LogP) is 0.536. The Labute approximate surface area is 114 Å². The highest BCUT2D eigenvalue weighted by atomic mass is 16.2. The van der Waals surface area contributed by atoms with Crippen LogP contribution in [0.2, 0.25) is 0 Å². The van der Waals surface area contributed by atoms with E-state index in [0.717, 1.165) is 51.6 Å². The van der Waals surface area contributed by atoms with Gasteiger partial charge in [-0.3, -0.25) is 9.59 Å². The highest BCUT2D eigenvalue weighted by Crippen LogP contribution is 2.24. The van der Waals surface area contributed by atoms with Crippen LogP contribution in [0.4, 0.5) is 0 Å². The summed E-state index contributed by atoms with van der Waals surface area (Å²) in [5, 5.41) is 6.42. The van der Waals surface area contributed by atoms with E-state index in [2.05, 4.69) is 10.6 Å². The Morgan fingerprint density at radius 2 is 1.68 bits per heavy atom. The molecule has 2 rings (SSSR count). The van der Waals surface area contributed by atoms with Crippen LogP contribution in [0.25, 0.3) is 0 Å². The molecule has 4 N–H and O–H groups in total. The van der Waals surface area contributed by atoms with Gasteiger partial charge in [-0.25, -0.2) is 0 Å². The van der Waals surface area contributed by atoms with Crippen molar-refractivity contribution in [3.05, 3.63) is 0 Å². The van der Waals surface area contributed by atoms with Crippen molar-refractivity contribution < 1.29 is 9.59 Å². The molecule has 0 aromatic carbocycles. The summed E-state index contributed by atoms with van der Waals surface area (Å²) in [6.45, 7) is 2.06. The fraction of sp³-hybridized carbons (Fsp3) is 0.857. The molecule has 2 amide bonds. The van der Waals surface area contributed by atoms with Gasteiger partial charge in [-0.1, -0.05) is 0 Å². The molecule has 5 nitrogen and oxygen atoms in total. The average Bonchev–Trinajstić information content (AvgIpc) is 2.40. The third kappa shape index (κ3) is 4.49. The minimum atomic E-state index is -0.195. The van der Waals surface area contributed by atoms with Crippen molar-refractivity contribution in [1.82, 2.24) is 10.6 Å². The molecule has 0 bridgehead atoms. The van der Waals surface area contributed by atoms with Crippen LogP contribution < -0.4 is 16.4 Å². The summed E-state index contributed by atoms with van der Waals surface area (Å²) >= 11 is 0. The van der Waals surface area contributed by atoms with Crippen LogP contribution in [0, 0.1) is 11.8 Å². The molecule has 1 aliphatic carbocycles. The monoisotopic (exact) mass is 267 g/mol. The lowest BCUT2D eigenvalue weighted by Crippen LogP contribution is -2.41. The van der Waals surface area contributed by atoms with Crippen molar-refractivity contribution in [1.29, 1.82) is 0 Å². The molecule has 19 heavy (non-hydrogen) atoms. The standard InChI is InChI=1S/C14H25N3O2/c15-14(19)11-1-3-12(4-2-11)17-13(18)9-10-5-7-16-8-6-10/h10-12,16H,1-9H2,(H2,15,19)(H,17,18). The molecule has 0 aromatic rings. The summed E-state index contributed by atoms with van der Waals surface area (Å²) in [7, 11) is 0. The van der Waals surface area contributed by atoms with Crippen LogP contribution in [-0.2, 0) is 9.59 Å². The van der Waals surface area contributed by atoms with E-state index in [0.29, 0.717) is 12.3 Å². The molecular weight excluding hydrogens is 242 g/mol. The zero-order valence-electron chi connectivity index (χ0n) is 11.5. The van der Waals surface area contributed by atoms with E-state index in [4.69, 9.17) is 5.73 Å². The van der Waals surface area contributed by atoms with Gasteiger partial charge in [0.2, 0.25) is 11.8 Å². The molecule has 0 aromatic heterocycles. The summed E-state index contributed by atoms with van der Waals surface area (Å²) in [4.78, 5) is 23.0. The van der Waals surface area contributed by atoms with Crippen molar-refractivity contribution in [2.75, 3.05) is 13.1 Å². The predicted molar refractivity (Wildman–Crippen MR) is 73.3 cm³/mol. The normalized spacial score (nSPS) is 28.8. The maximum atomic E-state index is 12.0. The highest BCUT2D eigenvalue weighted by Gasteiger charge is 2.26. The second kappa shape index (κ2) is 6.89. The lowest BCUT2D eigenvalue weighted by atomic mass is 9.85. The summed E-state index contributed by atoms with van der Waals surface area (Å²) in [5.74, 6) is 0.523. The van der Waals surface area contributed by atoms with Gasteiger partial charge in [-0.15, -0.1) is 0 Å². The van der Waals surface area contributed by atoms with Gasteiger partial charge in [0.25, 0.3) is 0 Å². The number of carbonyl (C=O) groups is 2. The molecular formula is C14H25N3O2. The van der Waals surface area contributed by atoms with Crippen molar-refractivity contribution in [2.45, 2.75) is 51.0 Å². The van der Waals surface area contributed by atoms with Gasteiger partial charge in [0.05, 0.1) is 0 Å². The Morgan fingerprint density at radius 1 is 1.05 bits per heavy atom. The number of piperidine rings is 1. The smallest absolute Gasteiger partial charge is 0.220 e. The van der Waals surface area contributed by atoms with Gasteiger partial charge in [0.1, 0.15) is 0 Å². The Morgan fingerprint density at radius 3 is 2.26 bits per heavy atom. The fourth-order valence-corrected chi connectivity index (χ4v) is 3.16. The molecule has 1 saturated carbocycles. The van der Waals surface area contributed by atoms with E-state index in [9.17, 15) is 9.59 Å². The first kappa shape index (κ1) is 14.3. The second-order valence-corrected chi connectivity index (χ2v) is 5.92. The van der Waals surface area contributed by atoms with E-state index in [-0.39, 0.29) is 23.8 Å². The Bertz CT molecular complexity index is 319. The molecule has 1 saturated heterocycles. The van der Waals surface area contributed by atoms with E-state index in [1.54, 1.807) is 0 Å². The van der Waals surface area contributed by atoms with Gasteiger partial charge >= 0.3 is 0 Å². The molecule has 1 heterocycles. The Kier molecular flexibility index (Phi) is 5.19. The number of carbonyl (C=O) groups excluding carboxylic acids is 2. The van der Waals surface area contributed by atoms with Crippen molar-refractivity contribution in [2.24, 2.45) is 17.6 Å². The lowest BCUT2D eigenvalue weighted by Gasteiger charge is -2.28. The number of hydrogen-bond donors (Lipinski definition) is 3. The van der Waals surface area contributed by atoms with Crippen LogP contribution in [0.1, 0.15) is 44.9 Å². The van der Waals surface area contributed by atoms with E-state index >= 15 is 0 Å². The fourth-order valence-electron chi connectivity index (χ4n) is 3.16. The molecule has 108 valence electrons. The number of hydrogen-bond acceptors (Lipinski definition) is 3. The third-order valence-corrected chi connectivity index (χ3v) is 4.43. The van der Waals surface area contributed by atoms with Crippen LogP contribution in [0.3, 0.4) is 0 Å². The maximum Gasteiger partial charge on any atom is 0.220 e. The van der Waals surface area contributed by atoms with E-state index < -0.39 is 0 Å². The molecule has 2 aliphatic rings. The second-order valence-electron chi connectivity index (χ2n) is 5.92. The molecule has 0 spiro atoms. The number of nitrogens with two attached hydrogens (primary N) is 1. The molecule has 1 aliphatic heterocycles. The Balaban J connectivity index is 1.67. The minimum Gasteiger partial charge on any atom is -0.369 e. The van der Waals surface area contributed by atoms with Gasteiger partial charge in [-0.05, 0) is 57.5 Å². The zero-order valence-corrected chi connectivity index (χ0v) is 11.5. The third-order valence-electron chi connectivity index (χ3n) is 4.43. The van der Waals surface area contributed by atoms with E-state index in [1.807, 2.05) is 0 Å². The lowest BCUT2D eigenvalue weighted by molar-refractivity contribution is -0.123. The molecule has 0 atom stereocenters. The first-order valence-electron chi connectivity index (χ1n) is 7.44. The number of nitrogens with one attached hydrogen (secondary N) is 2. The van der Waals surface area contributed by atoms with Crippen LogP contribution >= 0.6 is 0 Å². The number of amides is 2. The van der Waals surface area contributed by atoms with Crippen LogP contribution in [-0.4, -0.2) is 30.9 Å². The first-order chi connectivity index (χ1) is 9.15. The Hall–Kier alpha value is -1.10. The van der Waals surface area contributed by atoms with Crippen LogP contribution in [0.5, 0.6) is 0 Å². The van der Waals surface area contributed by atoms with Crippen molar-refractivity contribution in [3.8, 4) is 0 Å². The summed E-state index contributed by atoms with van der Waals surface area (Å²) in [6, 6.07) is 0.241. The number of primary amides is 1. The summed E-state index contributed by atoms with van der Waals surface area (Å²) < 4.78 is 0. The van der Waals surface area contributed by atoms with Gasteiger partial charge in [-0.2, -0.15) is 0 Å². The minimum absolute atomic E-state index is 0.0116. The van der Waals surface area contributed by atoms with E-state index in [1.165, 1.54) is 0 Å². The summed E-state index contributed by atoms with van der Waals surface area (Å²) in [5.41, 5.74) is 5.31. The highest BCUT2D eigenvalue weighted by molar-refractivity contribution is 5.77. The van der Waals surface area contributed by atoms with Gasteiger partial charge < -0.3 is 16.4 Å². The molecule has 0 radical (unpaired) electrons. The number of rotatable bonds is 4. The largest absolute Gasteiger partial charge is 0.369 e. The molecule has 5 heteroatoms. The maximum absolute atomic E-state index is 12.0. The quantitative estimate of drug-likeness (QED) is 0.695. The first-order valence-corrected chi connectivity index (χ1v) is 7.44. The topological polar surface area (TPSA) is 84.2 Å². The zero-order chi connectivity index (χ0) is 13.7. The average molecular weight is 267 g/mol.